The van der Waals surface area contributed by atoms with E-state index in [0.717, 1.165) is 17.4 Å². The van der Waals surface area contributed by atoms with Crippen LogP contribution in [-0.4, -0.2) is 45.2 Å². The van der Waals surface area contributed by atoms with Crippen LogP contribution in [0, 0.1) is 0 Å². The summed E-state index contributed by atoms with van der Waals surface area (Å²) in [7, 11) is 3.54. The first-order valence-electron chi connectivity index (χ1n) is 6.47. The van der Waals surface area contributed by atoms with Crippen LogP contribution in [0.25, 0.3) is 6.08 Å². The molecule has 2 aliphatic heterocycles. The number of oxime groups is 1. The average molecular weight is 348 g/mol. The number of halogens is 3. The van der Waals surface area contributed by atoms with Crippen molar-refractivity contribution >= 4 is 34.1 Å². The lowest BCUT2D eigenvalue weighted by Gasteiger charge is -2.18. The molecule has 0 spiro atoms. The topological polar surface area (TPSA) is 60.4 Å². The summed E-state index contributed by atoms with van der Waals surface area (Å²) in [6.07, 6.45) is -3.70. The zero-order valence-electron chi connectivity index (χ0n) is 12.1. The summed E-state index contributed by atoms with van der Waals surface area (Å²) in [6.45, 7) is 0.620. The molecule has 23 heavy (non-hydrogen) atoms. The molecule has 0 radical (unpaired) electrons. The molecular weight excluding hydrogens is 337 g/mol. The van der Waals surface area contributed by atoms with Crippen molar-refractivity contribution < 1.29 is 32.3 Å². The standard InChI is InChI=1S/C13H11F3N2O4S/c1-18(2)11-9-8(20-3-4-21-9)7(23-11)5-6-10(13(14,15)16)17-22-12(6)19/h5H,3-4H2,1-2H3/b6-5+. The maximum Gasteiger partial charge on any atom is 0.437 e. The second-order valence-electron chi connectivity index (χ2n) is 4.90. The first kappa shape index (κ1) is 15.7. The van der Waals surface area contributed by atoms with Gasteiger partial charge in [0.1, 0.15) is 18.2 Å². The van der Waals surface area contributed by atoms with Crippen molar-refractivity contribution in [2.24, 2.45) is 5.16 Å². The van der Waals surface area contributed by atoms with Gasteiger partial charge in [0.05, 0.1) is 10.5 Å². The predicted molar refractivity (Wildman–Crippen MR) is 77.2 cm³/mol. The van der Waals surface area contributed by atoms with Gasteiger partial charge in [0.15, 0.2) is 17.2 Å². The fourth-order valence-electron chi connectivity index (χ4n) is 2.09. The number of carbonyl (C=O) groups is 1. The van der Waals surface area contributed by atoms with E-state index in [-0.39, 0.29) is 6.61 Å². The summed E-state index contributed by atoms with van der Waals surface area (Å²) in [5.41, 5.74) is -2.01. The van der Waals surface area contributed by atoms with Crippen molar-refractivity contribution in [3.63, 3.8) is 0 Å². The van der Waals surface area contributed by atoms with Crippen molar-refractivity contribution in [2.45, 2.75) is 6.18 Å². The Morgan fingerprint density at radius 2 is 1.87 bits per heavy atom. The Hall–Kier alpha value is -2.23. The fourth-order valence-corrected chi connectivity index (χ4v) is 3.15. The summed E-state index contributed by atoms with van der Waals surface area (Å²) < 4.78 is 49.7. The third kappa shape index (κ3) is 2.74. The van der Waals surface area contributed by atoms with Crippen LogP contribution in [0.2, 0.25) is 0 Å². The number of carbonyl (C=O) groups excluding carboxylic acids is 1. The number of rotatable bonds is 2. The Morgan fingerprint density at radius 1 is 1.22 bits per heavy atom. The second-order valence-corrected chi connectivity index (χ2v) is 5.93. The van der Waals surface area contributed by atoms with Crippen molar-refractivity contribution in [1.82, 2.24) is 0 Å². The number of hydrogen-bond donors (Lipinski definition) is 0. The highest BCUT2D eigenvalue weighted by atomic mass is 32.1. The van der Waals surface area contributed by atoms with Crippen molar-refractivity contribution in [3.8, 4) is 11.5 Å². The number of nitrogens with zero attached hydrogens (tertiary/aromatic N) is 2. The molecule has 0 aromatic carbocycles. The number of fused-ring (bicyclic) bond motifs is 1. The van der Waals surface area contributed by atoms with Crippen LogP contribution in [0.15, 0.2) is 10.7 Å². The molecule has 0 amide bonds. The van der Waals surface area contributed by atoms with E-state index in [4.69, 9.17) is 9.47 Å². The summed E-state index contributed by atoms with van der Waals surface area (Å²) >= 11 is 1.15. The lowest BCUT2D eigenvalue weighted by atomic mass is 10.1. The molecule has 3 heterocycles. The first-order chi connectivity index (χ1) is 10.8. The third-order valence-corrected chi connectivity index (χ3v) is 4.32. The molecule has 124 valence electrons. The van der Waals surface area contributed by atoms with Gasteiger partial charge in [-0.2, -0.15) is 13.2 Å². The van der Waals surface area contributed by atoms with Gasteiger partial charge in [0.25, 0.3) is 0 Å². The molecule has 10 heteroatoms. The van der Waals surface area contributed by atoms with Gasteiger partial charge >= 0.3 is 12.1 Å². The highest BCUT2D eigenvalue weighted by Crippen LogP contribution is 2.50. The number of anilines is 1. The maximum absolute atomic E-state index is 12.9. The molecule has 0 bridgehead atoms. The number of ether oxygens (including phenoxy) is 2. The van der Waals surface area contributed by atoms with Crippen molar-refractivity contribution in [3.05, 3.63) is 10.5 Å². The molecule has 0 saturated carbocycles. The normalized spacial score (nSPS) is 18.9. The minimum absolute atomic E-state index is 0.275. The summed E-state index contributed by atoms with van der Waals surface area (Å²) in [5, 5.41) is 3.50. The number of thiophene rings is 1. The molecular formula is C13H11F3N2O4S. The minimum atomic E-state index is -4.78. The Kier molecular flexibility index (Phi) is 3.71. The van der Waals surface area contributed by atoms with Gasteiger partial charge in [-0.1, -0.05) is 5.16 Å². The van der Waals surface area contributed by atoms with E-state index in [1.807, 2.05) is 0 Å². The molecule has 0 N–H and O–H groups in total. The van der Waals surface area contributed by atoms with Crippen LogP contribution in [0.4, 0.5) is 18.2 Å². The van der Waals surface area contributed by atoms with Gasteiger partial charge < -0.3 is 19.2 Å². The van der Waals surface area contributed by atoms with E-state index in [2.05, 4.69) is 9.99 Å². The molecule has 0 atom stereocenters. The van der Waals surface area contributed by atoms with Gasteiger partial charge in [-0.3, -0.25) is 0 Å². The van der Waals surface area contributed by atoms with Crippen LogP contribution < -0.4 is 14.4 Å². The fraction of sp³-hybridized carbons (Fsp3) is 0.385. The Morgan fingerprint density at radius 3 is 2.48 bits per heavy atom. The van der Waals surface area contributed by atoms with E-state index in [0.29, 0.717) is 28.0 Å². The molecule has 0 aliphatic carbocycles. The van der Waals surface area contributed by atoms with Gasteiger partial charge in [0.2, 0.25) is 0 Å². The van der Waals surface area contributed by atoms with Crippen LogP contribution in [-0.2, 0) is 9.63 Å². The van der Waals surface area contributed by atoms with E-state index in [9.17, 15) is 18.0 Å². The largest absolute Gasteiger partial charge is 0.485 e. The summed E-state index contributed by atoms with van der Waals surface area (Å²) in [4.78, 5) is 17.8. The van der Waals surface area contributed by atoms with Crippen LogP contribution in [0.5, 0.6) is 11.5 Å². The average Bonchev–Trinajstić information content (AvgIpc) is 3.01. The molecule has 1 aromatic rings. The Labute approximate surface area is 132 Å². The predicted octanol–water partition coefficient (Wildman–Crippen LogP) is 2.44. The smallest absolute Gasteiger partial charge is 0.437 e. The molecule has 0 saturated heterocycles. The Bertz CT molecular complexity index is 722. The molecule has 3 rings (SSSR count). The lowest BCUT2D eigenvalue weighted by Crippen LogP contribution is -2.24. The molecule has 1 aromatic heterocycles. The number of alkyl halides is 3. The quantitative estimate of drug-likeness (QED) is 0.607. The van der Waals surface area contributed by atoms with Gasteiger partial charge in [0, 0.05) is 14.1 Å². The molecule has 6 nitrogen and oxygen atoms in total. The summed E-state index contributed by atoms with van der Waals surface area (Å²) in [6, 6.07) is 0. The SMILES string of the molecule is CN(C)c1sc(/C=C2/C(=O)ON=C2C(F)(F)F)c2c1OCCO2. The summed E-state index contributed by atoms with van der Waals surface area (Å²) in [5.74, 6) is -0.378. The van der Waals surface area contributed by atoms with E-state index in [1.54, 1.807) is 19.0 Å². The highest BCUT2D eigenvalue weighted by molar-refractivity contribution is 7.17. The molecule has 0 unspecified atom stereocenters. The van der Waals surface area contributed by atoms with Crippen molar-refractivity contribution in [2.75, 3.05) is 32.2 Å². The van der Waals surface area contributed by atoms with Gasteiger partial charge in [-0.15, -0.1) is 11.3 Å². The van der Waals surface area contributed by atoms with E-state index < -0.39 is 23.4 Å². The van der Waals surface area contributed by atoms with Crippen molar-refractivity contribution in [1.29, 1.82) is 0 Å². The minimum Gasteiger partial charge on any atom is -0.485 e. The van der Waals surface area contributed by atoms with Crippen LogP contribution in [0.1, 0.15) is 4.88 Å². The second kappa shape index (κ2) is 5.44. The van der Waals surface area contributed by atoms with E-state index >= 15 is 0 Å². The zero-order valence-corrected chi connectivity index (χ0v) is 12.9. The number of hydrogen-bond acceptors (Lipinski definition) is 7. The first-order valence-corrected chi connectivity index (χ1v) is 7.29. The zero-order chi connectivity index (χ0) is 16.8. The van der Waals surface area contributed by atoms with E-state index in [1.165, 1.54) is 0 Å². The highest BCUT2D eigenvalue weighted by Gasteiger charge is 2.45. The van der Waals surface area contributed by atoms with Crippen LogP contribution >= 0.6 is 11.3 Å². The third-order valence-electron chi connectivity index (χ3n) is 3.05. The lowest BCUT2D eigenvalue weighted by molar-refractivity contribution is -0.136. The molecule has 2 aliphatic rings. The molecule has 0 fully saturated rings. The van der Waals surface area contributed by atoms with Crippen LogP contribution in [0.3, 0.4) is 0 Å². The monoisotopic (exact) mass is 348 g/mol. The Balaban J connectivity index is 2.09. The maximum atomic E-state index is 12.9. The van der Waals surface area contributed by atoms with Gasteiger partial charge in [-0.05, 0) is 6.08 Å². The van der Waals surface area contributed by atoms with Gasteiger partial charge in [-0.25, -0.2) is 4.79 Å².